The van der Waals surface area contributed by atoms with Gasteiger partial charge in [0.2, 0.25) is 5.56 Å². The van der Waals surface area contributed by atoms with Gasteiger partial charge in [0.05, 0.1) is 17.7 Å². The Labute approximate surface area is 332 Å². The summed E-state index contributed by atoms with van der Waals surface area (Å²) in [4.78, 5) is 45.4. The lowest BCUT2D eigenvalue weighted by molar-refractivity contribution is -0.0336. The Kier molecular flexibility index (Phi) is 12.8. The second kappa shape index (κ2) is 18.5. The highest BCUT2D eigenvalue weighted by Gasteiger charge is 2.37. The number of phenolic OH excluding ortho intramolecular Hbond substituents is 1. The minimum absolute atomic E-state index is 0.0553. The van der Waals surface area contributed by atoms with Crippen molar-refractivity contribution in [1.29, 1.82) is 0 Å². The minimum atomic E-state index is -0.860. The molecule has 0 saturated carbocycles. The van der Waals surface area contributed by atoms with E-state index in [0.29, 0.717) is 59.8 Å². The molecule has 5 aromatic rings. The first-order valence-electron chi connectivity index (χ1n) is 19.8. The van der Waals surface area contributed by atoms with E-state index in [1.54, 1.807) is 17.0 Å². The van der Waals surface area contributed by atoms with Gasteiger partial charge in [0.1, 0.15) is 24.2 Å². The third-order valence-corrected chi connectivity index (χ3v) is 11.1. The van der Waals surface area contributed by atoms with Gasteiger partial charge < -0.3 is 40.2 Å². The van der Waals surface area contributed by atoms with Crippen LogP contribution in [0.1, 0.15) is 70.9 Å². The average molecular weight is 774 g/mol. The molecule has 298 valence electrons. The highest BCUT2D eigenvalue weighted by molar-refractivity contribution is 5.94. The fourth-order valence-electron chi connectivity index (χ4n) is 7.96. The predicted molar refractivity (Wildman–Crippen MR) is 218 cm³/mol. The maximum absolute atomic E-state index is 13.6. The van der Waals surface area contributed by atoms with Gasteiger partial charge in [-0.3, -0.25) is 14.5 Å². The van der Waals surface area contributed by atoms with Crippen molar-refractivity contribution in [2.45, 2.75) is 51.0 Å². The van der Waals surface area contributed by atoms with Crippen LogP contribution in [0.5, 0.6) is 11.5 Å². The van der Waals surface area contributed by atoms with Gasteiger partial charge in [0, 0.05) is 43.2 Å². The van der Waals surface area contributed by atoms with Crippen molar-refractivity contribution in [2.24, 2.45) is 5.92 Å². The zero-order chi connectivity index (χ0) is 39.7. The fraction of sp³-hybridized carbons (Fsp3) is 0.356. The van der Waals surface area contributed by atoms with Crippen molar-refractivity contribution < 1.29 is 29.3 Å². The van der Waals surface area contributed by atoms with Crippen molar-refractivity contribution in [3.63, 3.8) is 0 Å². The Balaban J connectivity index is 0.918. The van der Waals surface area contributed by atoms with Crippen LogP contribution in [0.25, 0.3) is 10.9 Å². The molecule has 1 aromatic heterocycles. The molecular formula is C45H51N5O7. The number of alkyl carbamates (subject to hydrolysis) is 1. The number of ether oxygens (including phenoxy) is 2. The van der Waals surface area contributed by atoms with Crippen LogP contribution in [0, 0.1) is 5.92 Å². The number of benzene rings is 4. The lowest BCUT2D eigenvalue weighted by Gasteiger charge is -2.43. The number of nitrogens with zero attached hydrogens (tertiary/aromatic N) is 2. The van der Waals surface area contributed by atoms with E-state index in [2.05, 4.69) is 20.5 Å². The molecule has 0 radical (unpaired) electrons. The van der Waals surface area contributed by atoms with Gasteiger partial charge in [-0.15, -0.1) is 0 Å². The second-order valence-electron chi connectivity index (χ2n) is 14.9. The van der Waals surface area contributed by atoms with Crippen LogP contribution in [0.2, 0.25) is 0 Å². The number of phenols is 1. The number of pyridine rings is 1. The van der Waals surface area contributed by atoms with Crippen molar-refractivity contribution >= 4 is 22.9 Å². The van der Waals surface area contributed by atoms with E-state index in [0.717, 1.165) is 49.2 Å². The number of aliphatic hydroxyl groups is 1. The number of amides is 2. The molecule has 3 fully saturated rings. The van der Waals surface area contributed by atoms with Crippen molar-refractivity contribution in [3.8, 4) is 11.5 Å². The van der Waals surface area contributed by atoms with E-state index in [-0.39, 0.29) is 36.5 Å². The lowest BCUT2D eigenvalue weighted by Crippen LogP contribution is -2.52. The third-order valence-electron chi connectivity index (χ3n) is 11.1. The Morgan fingerprint density at radius 3 is 2.51 bits per heavy atom. The van der Waals surface area contributed by atoms with Crippen LogP contribution < -0.4 is 20.9 Å². The zero-order valence-corrected chi connectivity index (χ0v) is 32.2. The van der Waals surface area contributed by atoms with Crippen molar-refractivity contribution in [1.82, 2.24) is 25.4 Å². The van der Waals surface area contributed by atoms with Gasteiger partial charge in [0.15, 0.2) is 0 Å². The second-order valence-corrected chi connectivity index (χ2v) is 14.9. The van der Waals surface area contributed by atoms with Gasteiger partial charge in [-0.2, -0.15) is 0 Å². The predicted octanol–water partition coefficient (Wildman–Crippen LogP) is 5.90. The first-order chi connectivity index (χ1) is 27.7. The van der Waals surface area contributed by atoms with Gasteiger partial charge in [-0.25, -0.2) is 4.79 Å². The summed E-state index contributed by atoms with van der Waals surface area (Å²) in [5.74, 6) is 0.921. The molecule has 2 amide bonds. The molecule has 2 bridgehead atoms. The summed E-state index contributed by atoms with van der Waals surface area (Å²) in [5.41, 5.74) is 3.77. The van der Waals surface area contributed by atoms with Crippen LogP contribution >= 0.6 is 0 Å². The monoisotopic (exact) mass is 773 g/mol. The van der Waals surface area contributed by atoms with Gasteiger partial charge in [0.25, 0.3) is 5.91 Å². The molecule has 12 nitrogen and oxygen atoms in total. The molecule has 3 aliphatic rings. The molecular weight excluding hydrogens is 723 g/mol. The quantitative estimate of drug-likeness (QED) is 0.0772. The third kappa shape index (κ3) is 9.83. The Morgan fingerprint density at radius 1 is 0.947 bits per heavy atom. The molecule has 57 heavy (non-hydrogen) atoms. The Hall–Kier alpha value is -5.69. The molecule has 3 aliphatic heterocycles. The smallest absolute Gasteiger partial charge is 0.408 e. The van der Waals surface area contributed by atoms with Crippen LogP contribution in [0.15, 0.2) is 108 Å². The first kappa shape index (κ1) is 39.5. The molecule has 4 aromatic carbocycles. The topological polar surface area (TPSA) is 156 Å². The SMILES string of the molecule is CCN(CCCNC[C@@H](O)c1ccc(O)c2[nH]c(=O)ccc12)C(=O)c1cccc(COc2cccc(C(NC(=O)O[C@H]3CN4CCC3CC4)c3ccccc3)c2)c1. The van der Waals surface area contributed by atoms with E-state index in [1.807, 2.05) is 85.8 Å². The van der Waals surface area contributed by atoms with E-state index in [1.165, 1.54) is 12.1 Å². The van der Waals surface area contributed by atoms with Crippen LogP contribution in [-0.2, 0) is 11.3 Å². The van der Waals surface area contributed by atoms with E-state index in [9.17, 15) is 24.6 Å². The number of aromatic nitrogens is 1. The first-order valence-corrected chi connectivity index (χ1v) is 19.8. The van der Waals surface area contributed by atoms with E-state index in [4.69, 9.17) is 9.47 Å². The Bertz CT molecular complexity index is 2200. The van der Waals surface area contributed by atoms with Gasteiger partial charge >= 0.3 is 6.09 Å². The van der Waals surface area contributed by atoms with Crippen molar-refractivity contribution in [3.05, 3.63) is 141 Å². The molecule has 3 atom stereocenters. The van der Waals surface area contributed by atoms with Crippen LogP contribution in [0.3, 0.4) is 0 Å². The van der Waals surface area contributed by atoms with Crippen molar-refractivity contribution in [2.75, 3.05) is 45.8 Å². The number of carbonyl (C=O) groups excluding carboxylic acids is 2. The number of aromatic hydroxyl groups is 1. The lowest BCUT2D eigenvalue weighted by atomic mass is 9.86. The highest BCUT2D eigenvalue weighted by atomic mass is 16.6. The molecule has 3 saturated heterocycles. The number of piperidine rings is 3. The standard InChI is InChI=1S/C45H51N5O7/c1-2-50(22-8-21-46-27-39(52)36-15-17-38(51)43-37(36)16-18-41(53)47-43)44(54)34-13-6-9-30(25-34)29-56-35-14-7-12-33(26-35)42(32-10-4-3-5-11-32)48-45(55)57-40-28-49-23-19-31(40)20-24-49/h3-7,9-18,25-26,31,39-40,42,46,51-52H,2,8,19-24,27-29H2,1H3,(H,47,53)(H,48,55)/t39-,40+,42?/m1/s1. The summed E-state index contributed by atoms with van der Waals surface area (Å²) in [6.45, 7) is 7.04. The summed E-state index contributed by atoms with van der Waals surface area (Å²) in [6, 6.07) is 30.6. The van der Waals surface area contributed by atoms with E-state index >= 15 is 0 Å². The minimum Gasteiger partial charge on any atom is -0.506 e. The van der Waals surface area contributed by atoms with E-state index < -0.39 is 18.2 Å². The maximum atomic E-state index is 13.6. The molecule has 0 spiro atoms. The van der Waals surface area contributed by atoms with Crippen LogP contribution in [-0.4, -0.2) is 88.9 Å². The number of aliphatic hydroxyl groups excluding tert-OH is 1. The van der Waals surface area contributed by atoms with Gasteiger partial charge in [-0.1, -0.05) is 60.7 Å². The summed E-state index contributed by atoms with van der Waals surface area (Å²) in [5, 5.41) is 28.0. The van der Waals surface area contributed by atoms with Gasteiger partial charge in [-0.05, 0) is 110 Å². The summed E-state index contributed by atoms with van der Waals surface area (Å²) in [6.07, 6.45) is 1.42. The largest absolute Gasteiger partial charge is 0.506 e. The number of rotatable bonds is 16. The Morgan fingerprint density at radius 2 is 1.74 bits per heavy atom. The number of hydrogen-bond acceptors (Lipinski definition) is 9. The number of carbonyl (C=O) groups is 2. The van der Waals surface area contributed by atoms with Crippen LogP contribution in [0.4, 0.5) is 4.79 Å². The number of H-pyrrole nitrogens is 1. The normalized spacial score (nSPS) is 18.5. The molecule has 4 heterocycles. The molecule has 8 rings (SSSR count). The number of nitrogens with one attached hydrogen (secondary N) is 3. The molecule has 1 unspecified atom stereocenters. The summed E-state index contributed by atoms with van der Waals surface area (Å²) >= 11 is 0. The maximum Gasteiger partial charge on any atom is 0.408 e. The average Bonchev–Trinajstić information content (AvgIpc) is 3.24. The summed E-state index contributed by atoms with van der Waals surface area (Å²) < 4.78 is 12.2. The zero-order valence-electron chi connectivity index (χ0n) is 32.2. The molecule has 5 N–H and O–H groups in total. The number of fused-ring (bicyclic) bond motifs is 4. The fourth-order valence-corrected chi connectivity index (χ4v) is 7.96. The highest BCUT2D eigenvalue weighted by Crippen LogP contribution is 2.31. The molecule has 0 aliphatic carbocycles. The molecule has 12 heteroatoms. The number of hydrogen-bond donors (Lipinski definition) is 5. The summed E-state index contributed by atoms with van der Waals surface area (Å²) in [7, 11) is 0. The number of aromatic amines is 1.